The first-order chi connectivity index (χ1) is 17.0. The van der Waals surface area contributed by atoms with Crippen molar-refractivity contribution in [3.05, 3.63) is 95.9 Å². The second-order valence-electron chi connectivity index (χ2n) is 9.17. The Morgan fingerprint density at radius 3 is 2.49 bits per heavy atom. The molecule has 1 fully saturated rings. The summed E-state index contributed by atoms with van der Waals surface area (Å²) in [6, 6.07) is 17.8. The number of aryl methyl sites for hydroxylation is 1. The molecule has 1 saturated heterocycles. The van der Waals surface area contributed by atoms with E-state index in [4.69, 9.17) is 0 Å². The van der Waals surface area contributed by atoms with E-state index in [1.807, 2.05) is 28.8 Å². The fraction of sp³-hybridized carbons (Fsp3) is 0.286. The Labute approximate surface area is 206 Å². The predicted octanol–water partition coefficient (Wildman–Crippen LogP) is 4.97. The minimum absolute atomic E-state index is 0.0443. The molecule has 0 bridgehead atoms. The van der Waals surface area contributed by atoms with Crippen molar-refractivity contribution < 1.29 is 13.2 Å². The van der Waals surface area contributed by atoms with Crippen LogP contribution in [-0.2, 0) is 22.8 Å². The van der Waals surface area contributed by atoms with Crippen LogP contribution in [-0.4, -0.2) is 41.6 Å². The normalized spacial score (nSPS) is 14.9. The fourth-order valence-corrected chi connectivity index (χ4v) is 5.98. The van der Waals surface area contributed by atoms with Crippen molar-refractivity contribution in [3.63, 3.8) is 0 Å². The molecule has 4 aromatic rings. The number of ketones is 1. The molecule has 0 unspecified atom stereocenters. The molecule has 2 aromatic heterocycles. The lowest BCUT2D eigenvalue weighted by molar-refractivity contribution is 0.0982. The van der Waals surface area contributed by atoms with E-state index in [2.05, 4.69) is 9.88 Å². The molecule has 7 heteroatoms. The molecule has 6 nitrogen and oxygen atoms in total. The van der Waals surface area contributed by atoms with Crippen molar-refractivity contribution >= 4 is 21.3 Å². The molecule has 5 rings (SSSR count). The minimum atomic E-state index is -3.60. The van der Waals surface area contributed by atoms with E-state index in [0.717, 1.165) is 36.4 Å². The van der Waals surface area contributed by atoms with Gasteiger partial charge in [0.15, 0.2) is 5.78 Å². The van der Waals surface area contributed by atoms with E-state index in [0.29, 0.717) is 23.3 Å². The number of nitrogens with zero attached hydrogens (tertiary/aromatic N) is 3. The molecule has 1 aliphatic heterocycles. The number of likely N-dealkylation sites (tertiary alicyclic amines) is 1. The van der Waals surface area contributed by atoms with Gasteiger partial charge in [0.25, 0.3) is 0 Å². The van der Waals surface area contributed by atoms with Gasteiger partial charge in [0.2, 0.25) is 9.84 Å². The fourth-order valence-electron chi connectivity index (χ4n) is 4.65. The number of Topliss-reactive ketones (excluding diaryl/α,β-unsaturated/α-hetero) is 1. The maximum Gasteiger partial charge on any atom is 0.206 e. The van der Waals surface area contributed by atoms with Crippen LogP contribution in [0.5, 0.6) is 0 Å². The molecule has 0 amide bonds. The van der Waals surface area contributed by atoms with Crippen LogP contribution in [0.4, 0.5) is 0 Å². The van der Waals surface area contributed by atoms with Gasteiger partial charge in [0.05, 0.1) is 9.79 Å². The first-order valence-corrected chi connectivity index (χ1v) is 13.6. The van der Waals surface area contributed by atoms with Crippen LogP contribution in [0.2, 0.25) is 0 Å². The van der Waals surface area contributed by atoms with Gasteiger partial charge in [0.1, 0.15) is 5.65 Å². The van der Waals surface area contributed by atoms with Crippen molar-refractivity contribution in [2.24, 2.45) is 0 Å². The van der Waals surface area contributed by atoms with E-state index in [9.17, 15) is 13.2 Å². The minimum Gasteiger partial charge on any atom is -0.306 e. The van der Waals surface area contributed by atoms with Gasteiger partial charge >= 0.3 is 0 Å². The van der Waals surface area contributed by atoms with Crippen LogP contribution in [0, 0.1) is 0 Å². The Morgan fingerprint density at radius 2 is 1.69 bits per heavy atom. The zero-order valence-electron chi connectivity index (χ0n) is 19.6. The number of imidazole rings is 1. The number of carbonyl (C=O) groups excluding carboxylic acids is 1. The number of pyridine rings is 1. The van der Waals surface area contributed by atoms with Crippen LogP contribution < -0.4 is 0 Å². The Hall–Kier alpha value is -3.29. The zero-order valence-corrected chi connectivity index (χ0v) is 20.5. The number of sulfone groups is 1. The van der Waals surface area contributed by atoms with Crippen LogP contribution in [0.1, 0.15) is 47.2 Å². The predicted molar refractivity (Wildman–Crippen MR) is 135 cm³/mol. The number of fused-ring (bicyclic) bond motifs is 1. The molecule has 0 aliphatic carbocycles. The zero-order chi connectivity index (χ0) is 24.3. The van der Waals surface area contributed by atoms with Gasteiger partial charge in [-0.3, -0.25) is 9.69 Å². The van der Waals surface area contributed by atoms with Crippen molar-refractivity contribution in [1.82, 2.24) is 14.3 Å². The number of benzene rings is 2. The third kappa shape index (κ3) is 5.36. The Morgan fingerprint density at radius 1 is 0.886 bits per heavy atom. The van der Waals surface area contributed by atoms with Crippen LogP contribution in [0.3, 0.4) is 0 Å². The summed E-state index contributed by atoms with van der Waals surface area (Å²) in [5, 5.41) is 0. The summed E-state index contributed by atoms with van der Waals surface area (Å²) < 4.78 is 28.3. The van der Waals surface area contributed by atoms with Gasteiger partial charge in [-0.1, -0.05) is 30.7 Å². The number of rotatable bonds is 8. The quantitative estimate of drug-likeness (QED) is 0.328. The van der Waals surface area contributed by atoms with E-state index in [1.54, 1.807) is 54.9 Å². The lowest BCUT2D eigenvalue weighted by atomic mass is 10.0. The van der Waals surface area contributed by atoms with Gasteiger partial charge in [-0.2, -0.15) is 0 Å². The van der Waals surface area contributed by atoms with E-state index in [-0.39, 0.29) is 10.7 Å². The van der Waals surface area contributed by atoms with Gasteiger partial charge < -0.3 is 4.40 Å². The van der Waals surface area contributed by atoms with E-state index in [1.165, 1.54) is 19.3 Å². The molecule has 1 aliphatic rings. The summed E-state index contributed by atoms with van der Waals surface area (Å²) in [6.45, 7) is 2.92. The van der Waals surface area contributed by atoms with Crippen molar-refractivity contribution in [2.75, 3.05) is 13.1 Å². The molecule has 35 heavy (non-hydrogen) atoms. The number of piperidine rings is 1. The summed E-state index contributed by atoms with van der Waals surface area (Å²) in [5.41, 5.74) is 3.39. The SMILES string of the molecule is O=C(CCc1ccc(S(=O)(=O)c2cccc(CN3CCCCC3)c2)cc1)c1ccc2nccn2c1. The highest BCUT2D eigenvalue weighted by Gasteiger charge is 2.19. The highest BCUT2D eigenvalue weighted by molar-refractivity contribution is 7.91. The summed E-state index contributed by atoms with van der Waals surface area (Å²) in [6.07, 6.45) is 9.89. The second-order valence-corrected chi connectivity index (χ2v) is 11.1. The van der Waals surface area contributed by atoms with Crippen LogP contribution in [0.25, 0.3) is 5.65 Å². The molecule has 0 spiro atoms. The van der Waals surface area contributed by atoms with Crippen molar-refractivity contribution in [2.45, 2.75) is 48.4 Å². The highest BCUT2D eigenvalue weighted by atomic mass is 32.2. The molecule has 180 valence electrons. The third-order valence-electron chi connectivity index (χ3n) is 6.65. The molecule has 2 aromatic carbocycles. The van der Waals surface area contributed by atoms with Gasteiger partial charge in [-0.25, -0.2) is 13.4 Å². The Balaban J connectivity index is 1.24. The Bertz CT molecular complexity index is 1440. The number of aromatic nitrogens is 2. The largest absolute Gasteiger partial charge is 0.306 e. The van der Waals surface area contributed by atoms with Crippen LogP contribution in [0.15, 0.2) is 89.0 Å². The average molecular weight is 488 g/mol. The van der Waals surface area contributed by atoms with Crippen molar-refractivity contribution in [1.29, 1.82) is 0 Å². The smallest absolute Gasteiger partial charge is 0.206 e. The molecule has 0 radical (unpaired) electrons. The lowest BCUT2D eigenvalue weighted by Crippen LogP contribution is -2.29. The molecule has 3 heterocycles. The molecule has 0 saturated carbocycles. The summed E-state index contributed by atoms with van der Waals surface area (Å²) >= 11 is 0. The standard InChI is InChI=1S/C28H29N3O3S/c32-27(24-10-14-28-29-15-18-31(28)21-24)13-9-22-7-11-25(12-8-22)35(33,34)26-6-4-5-23(19-26)20-30-16-2-1-3-17-30/h4-8,10-12,14-15,18-19,21H,1-3,9,13,16-17,20H2. The maximum atomic E-state index is 13.3. The van der Waals surface area contributed by atoms with Crippen LogP contribution >= 0.6 is 0 Å². The number of carbonyl (C=O) groups is 1. The molecular weight excluding hydrogens is 458 g/mol. The summed E-state index contributed by atoms with van der Waals surface area (Å²) in [4.78, 5) is 19.8. The summed E-state index contributed by atoms with van der Waals surface area (Å²) in [7, 11) is -3.60. The highest BCUT2D eigenvalue weighted by Crippen LogP contribution is 2.24. The molecule has 0 atom stereocenters. The van der Waals surface area contributed by atoms with Gasteiger partial charge in [-0.15, -0.1) is 0 Å². The summed E-state index contributed by atoms with van der Waals surface area (Å²) in [5.74, 6) is 0.0443. The first-order valence-electron chi connectivity index (χ1n) is 12.1. The topological polar surface area (TPSA) is 71.8 Å². The Kier molecular flexibility index (Phi) is 6.79. The molecule has 0 N–H and O–H groups in total. The van der Waals surface area contributed by atoms with E-state index < -0.39 is 9.84 Å². The van der Waals surface area contributed by atoms with Gasteiger partial charge in [-0.05, 0) is 79.9 Å². The lowest BCUT2D eigenvalue weighted by Gasteiger charge is -2.26. The van der Waals surface area contributed by atoms with Crippen molar-refractivity contribution in [3.8, 4) is 0 Å². The first kappa shape index (κ1) is 23.5. The number of hydrogen-bond acceptors (Lipinski definition) is 5. The number of hydrogen-bond donors (Lipinski definition) is 0. The molecular formula is C28H29N3O3S. The second kappa shape index (κ2) is 10.1. The van der Waals surface area contributed by atoms with E-state index >= 15 is 0 Å². The third-order valence-corrected chi connectivity index (χ3v) is 8.42. The van der Waals surface area contributed by atoms with Gasteiger partial charge in [0, 0.05) is 37.1 Å². The monoisotopic (exact) mass is 487 g/mol. The maximum absolute atomic E-state index is 13.3. The average Bonchev–Trinajstić information content (AvgIpc) is 3.36.